The number of fused-ring (bicyclic) bond motifs is 1. The highest BCUT2D eigenvalue weighted by Crippen LogP contribution is 2.35. The summed E-state index contributed by atoms with van der Waals surface area (Å²) in [6, 6.07) is 17.2. The number of sulfone groups is 1. The van der Waals surface area contributed by atoms with Gasteiger partial charge in [-0.05, 0) is 112 Å². The smallest absolute Gasteiger partial charge is 0.245 e. The largest absolute Gasteiger partial charge is 0.352 e. The fourth-order valence-electron chi connectivity index (χ4n) is 6.97. The number of carbonyl (C=O) groups excluding carboxylic acids is 2. The summed E-state index contributed by atoms with van der Waals surface area (Å²) in [5.74, 6) is -1.97. The van der Waals surface area contributed by atoms with Crippen molar-refractivity contribution >= 4 is 59.7 Å². The Hall–Kier alpha value is -3.88. The molecule has 14 heteroatoms. The molecular formula is C37H40ClFN4O6S2. The Bertz CT molecular complexity index is 2210. The van der Waals surface area contributed by atoms with E-state index in [0.717, 1.165) is 29.0 Å². The van der Waals surface area contributed by atoms with Gasteiger partial charge < -0.3 is 15.1 Å². The van der Waals surface area contributed by atoms with Crippen LogP contribution in [0.2, 0.25) is 5.02 Å². The van der Waals surface area contributed by atoms with Crippen LogP contribution >= 0.6 is 11.6 Å². The minimum atomic E-state index is -4.47. The molecule has 1 N–H and O–H groups in total. The van der Waals surface area contributed by atoms with Crippen LogP contribution in [-0.2, 0) is 29.4 Å². The molecule has 4 aromatic rings. The van der Waals surface area contributed by atoms with E-state index in [9.17, 15) is 26.4 Å². The molecule has 0 aliphatic carbocycles. The lowest BCUT2D eigenvalue weighted by atomic mass is 10.0. The average molecular weight is 755 g/mol. The molecule has 2 saturated heterocycles. The Kier molecular flexibility index (Phi) is 10.6. The van der Waals surface area contributed by atoms with Crippen molar-refractivity contribution in [3.05, 3.63) is 89.7 Å². The lowest BCUT2D eigenvalue weighted by Crippen LogP contribution is -2.60. The fraction of sp³-hybridized carbons (Fsp3) is 0.351. The Labute approximate surface area is 303 Å². The first kappa shape index (κ1) is 36.9. The van der Waals surface area contributed by atoms with Crippen LogP contribution in [-0.4, -0.2) is 88.9 Å². The maximum Gasteiger partial charge on any atom is 0.245 e. The van der Waals surface area contributed by atoms with Crippen molar-refractivity contribution in [2.75, 3.05) is 37.8 Å². The Morgan fingerprint density at radius 1 is 0.922 bits per heavy atom. The van der Waals surface area contributed by atoms with E-state index < -0.39 is 49.6 Å². The standard InChI is InChI=1S/C37H40ClFN4O6S2/c1-24(36(44)40-29-16-19-41(2)20-17-29)43(51(48,49)30-14-11-25-21-28(38)13-10-26(25)22-30)34-8-6-18-42(37(34)45)33-15-12-27(23-32(33)39)31-7-4-5-9-35(31)50(3,46)47/h4-5,7,9-15,21-24,29,34H,6,8,16-20H2,1-3H3,(H,40,44). The number of amides is 2. The van der Waals surface area contributed by atoms with Gasteiger partial charge in [0.1, 0.15) is 17.9 Å². The molecule has 2 amide bonds. The highest BCUT2D eigenvalue weighted by atomic mass is 35.5. The topological polar surface area (TPSA) is 124 Å². The van der Waals surface area contributed by atoms with Crippen molar-refractivity contribution in [3.63, 3.8) is 0 Å². The highest BCUT2D eigenvalue weighted by Gasteiger charge is 2.45. The number of piperidine rings is 2. The van der Waals surface area contributed by atoms with Crippen LogP contribution in [0.4, 0.5) is 10.1 Å². The summed E-state index contributed by atoms with van der Waals surface area (Å²) < 4.78 is 71.0. The quantitative estimate of drug-likeness (QED) is 0.240. The third kappa shape index (κ3) is 7.68. The number of hydrogen-bond donors (Lipinski definition) is 1. The van der Waals surface area contributed by atoms with E-state index in [4.69, 9.17) is 11.6 Å². The third-order valence-electron chi connectivity index (χ3n) is 9.73. The second-order valence-corrected chi connectivity index (χ2v) is 17.6. The molecule has 0 spiro atoms. The van der Waals surface area contributed by atoms with E-state index in [2.05, 4.69) is 10.2 Å². The zero-order valence-corrected chi connectivity index (χ0v) is 30.9. The summed E-state index contributed by atoms with van der Waals surface area (Å²) in [4.78, 5) is 31.5. The maximum atomic E-state index is 15.9. The molecule has 2 fully saturated rings. The van der Waals surface area contributed by atoms with Gasteiger partial charge in [0, 0.05) is 29.4 Å². The van der Waals surface area contributed by atoms with E-state index in [-0.39, 0.29) is 34.5 Å². The number of rotatable bonds is 9. The van der Waals surface area contributed by atoms with Gasteiger partial charge in [0.25, 0.3) is 0 Å². The number of nitrogens with zero attached hydrogens (tertiary/aromatic N) is 3. The molecule has 0 aromatic heterocycles. The molecule has 2 aliphatic heterocycles. The number of carbonyl (C=O) groups is 2. The first-order chi connectivity index (χ1) is 24.1. The fourth-order valence-corrected chi connectivity index (χ4v) is 9.86. The van der Waals surface area contributed by atoms with Gasteiger partial charge in [-0.25, -0.2) is 21.2 Å². The number of hydrogen-bond acceptors (Lipinski definition) is 7. The molecule has 6 rings (SSSR count). The van der Waals surface area contributed by atoms with Crippen molar-refractivity contribution in [2.24, 2.45) is 0 Å². The Morgan fingerprint density at radius 3 is 2.31 bits per heavy atom. The van der Waals surface area contributed by atoms with Crippen LogP contribution in [0, 0.1) is 5.82 Å². The van der Waals surface area contributed by atoms with E-state index in [1.807, 2.05) is 7.05 Å². The number of nitrogens with one attached hydrogen (secondary N) is 1. The summed E-state index contributed by atoms with van der Waals surface area (Å²) in [6.07, 6.45) is 2.93. The van der Waals surface area contributed by atoms with Crippen LogP contribution in [0.15, 0.2) is 88.7 Å². The highest BCUT2D eigenvalue weighted by molar-refractivity contribution is 7.90. The van der Waals surface area contributed by atoms with Gasteiger partial charge in [0.15, 0.2) is 9.84 Å². The van der Waals surface area contributed by atoms with Gasteiger partial charge in [-0.2, -0.15) is 4.31 Å². The van der Waals surface area contributed by atoms with Gasteiger partial charge in [-0.1, -0.05) is 48.0 Å². The second-order valence-electron chi connectivity index (χ2n) is 13.3. The number of anilines is 1. The van der Waals surface area contributed by atoms with Crippen molar-refractivity contribution < 1.29 is 30.8 Å². The number of likely N-dealkylation sites (tertiary alicyclic amines) is 1. The molecule has 2 aliphatic rings. The average Bonchev–Trinajstić information content (AvgIpc) is 3.09. The third-order valence-corrected chi connectivity index (χ3v) is 13.1. The van der Waals surface area contributed by atoms with Crippen molar-refractivity contribution in [2.45, 2.75) is 60.5 Å². The number of benzene rings is 4. The summed E-state index contributed by atoms with van der Waals surface area (Å²) in [5, 5.41) is 4.83. The van der Waals surface area contributed by atoms with Crippen molar-refractivity contribution in [1.29, 1.82) is 0 Å². The second kappa shape index (κ2) is 14.6. The molecule has 4 aromatic carbocycles. The summed E-state index contributed by atoms with van der Waals surface area (Å²) in [6.45, 7) is 3.15. The molecule has 2 unspecified atom stereocenters. The normalized spacial score (nSPS) is 18.7. The molecule has 2 atom stereocenters. The number of halogens is 2. The predicted octanol–water partition coefficient (Wildman–Crippen LogP) is 5.49. The molecule has 0 radical (unpaired) electrons. The minimum absolute atomic E-state index is 0.0383. The first-order valence-corrected chi connectivity index (χ1v) is 20.5. The van der Waals surface area contributed by atoms with Crippen LogP contribution in [0.1, 0.15) is 32.6 Å². The number of sulfonamides is 1. The molecular weight excluding hydrogens is 715 g/mol. The van der Waals surface area contributed by atoms with Gasteiger partial charge in [0.2, 0.25) is 21.8 Å². The molecule has 2 heterocycles. The molecule has 270 valence electrons. The predicted molar refractivity (Wildman–Crippen MR) is 196 cm³/mol. The zero-order chi connectivity index (χ0) is 36.7. The van der Waals surface area contributed by atoms with Crippen LogP contribution < -0.4 is 10.2 Å². The maximum absolute atomic E-state index is 15.9. The molecule has 0 saturated carbocycles. The van der Waals surface area contributed by atoms with E-state index >= 15 is 4.39 Å². The molecule has 0 bridgehead atoms. The minimum Gasteiger partial charge on any atom is -0.352 e. The van der Waals surface area contributed by atoms with E-state index in [1.54, 1.807) is 42.5 Å². The van der Waals surface area contributed by atoms with Gasteiger partial charge in [-0.3, -0.25) is 9.59 Å². The SMILES string of the molecule is CC(C(=O)NC1CCN(C)CC1)N(C1CCCN(c2ccc(-c3ccccc3S(C)(=O)=O)cc2F)C1=O)S(=O)(=O)c1ccc2cc(Cl)ccc2c1. The molecule has 10 nitrogen and oxygen atoms in total. The lowest BCUT2D eigenvalue weighted by molar-refractivity contribution is -0.129. The van der Waals surface area contributed by atoms with Gasteiger partial charge >= 0.3 is 0 Å². The lowest BCUT2D eigenvalue weighted by Gasteiger charge is -2.40. The molecule has 51 heavy (non-hydrogen) atoms. The van der Waals surface area contributed by atoms with Gasteiger partial charge in [0.05, 0.1) is 15.5 Å². The van der Waals surface area contributed by atoms with Gasteiger partial charge in [-0.15, -0.1) is 0 Å². The van der Waals surface area contributed by atoms with Crippen molar-refractivity contribution in [1.82, 2.24) is 14.5 Å². The Balaban J connectivity index is 1.36. The Morgan fingerprint density at radius 2 is 1.61 bits per heavy atom. The van der Waals surface area contributed by atoms with E-state index in [1.165, 1.54) is 48.2 Å². The van der Waals surface area contributed by atoms with E-state index in [0.29, 0.717) is 40.8 Å². The summed E-state index contributed by atoms with van der Waals surface area (Å²) in [7, 11) is -6.09. The summed E-state index contributed by atoms with van der Waals surface area (Å²) in [5.41, 5.74) is 0.542. The van der Waals surface area contributed by atoms with Crippen LogP contribution in [0.5, 0.6) is 0 Å². The van der Waals surface area contributed by atoms with Crippen molar-refractivity contribution in [3.8, 4) is 11.1 Å². The zero-order valence-electron chi connectivity index (χ0n) is 28.6. The van der Waals surface area contributed by atoms with Crippen LogP contribution in [0.25, 0.3) is 21.9 Å². The summed E-state index contributed by atoms with van der Waals surface area (Å²) >= 11 is 6.15. The first-order valence-electron chi connectivity index (χ1n) is 16.8. The monoisotopic (exact) mass is 754 g/mol. The van der Waals surface area contributed by atoms with Crippen LogP contribution in [0.3, 0.4) is 0 Å².